The molecule has 0 radical (unpaired) electrons. The zero-order valence-corrected chi connectivity index (χ0v) is 10.8. The number of hydrogen-bond donors (Lipinski definition) is 2. The lowest BCUT2D eigenvalue weighted by molar-refractivity contribution is 0.994. The standard InChI is InChI=1S/C10H16N8/c1-17(2)9-10(18(3)4)14-6-5(13-9)7(11)15-16-8(6)12/h1-4H3,(H2,11,15)(H2,12,16). The fourth-order valence-corrected chi connectivity index (χ4v) is 1.58. The van der Waals surface area contributed by atoms with E-state index in [1.165, 1.54) is 0 Å². The molecule has 0 unspecified atom stereocenters. The number of rotatable bonds is 2. The van der Waals surface area contributed by atoms with Crippen LogP contribution in [-0.4, -0.2) is 48.4 Å². The first-order valence-electron chi connectivity index (χ1n) is 5.36. The maximum absolute atomic E-state index is 5.76. The summed E-state index contributed by atoms with van der Waals surface area (Å²) in [5.74, 6) is 1.85. The molecule has 0 fully saturated rings. The molecule has 0 aliphatic rings. The minimum absolute atomic E-state index is 0.222. The molecule has 8 heteroatoms. The molecule has 8 nitrogen and oxygen atoms in total. The van der Waals surface area contributed by atoms with Gasteiger partial charge in [-0.05, 0) is 0 Å². The minimum Gasteiger partial charge on any atom is -0.380 e. The molecule has 2 aromatic rings. The molecule has 96 valence electrons. The summed E-state index contributed by atoms with van der Waals surface area (Å²) in [4.78, 5) is 12.7. The van der Waals surface area contributed by atoms with Crippen molar-refractivity contribution in [2.75, 3.05) is 49.5 Å². The third-order valence-corrected chi connectivity index (χ3v) is 2.46. The topological polar surface area (TPSA) is 110 Å². The Bertz CT molecular complexity index is 539. The van der Waals surface area contributed by atoms with E-state index in [1.807, 2.05) is 38.0 Å². The molecule has 0 amide bonds. The van der Waals surface area contributed by atoms with Crippen molar-refractivity contribution in [2.24, 2.45) is 0 Å². The SMILES string of the molecule is CN(C)c1nc2c(N)nnc(N)c2nc1N(C)C. The average Bonchev–Trinajstić information content (AvgIpc) is 2.32. The molecule has 0 atom stereocenters. The van der Waals surface area contributed by atoms with E-state index < -0.39 is 0 Å². The van der Waals surface area contributed by atoms with Crippen LogP contribution in [0, 0.1) is 0 Å². The van der Waals surface area contributed by atoms with E-state index >= 15 is 0 Å². The highest BCUT2D eigenvalue weighted by atomic mass is 15.3. The van der Waals surface area contributed by atoms with Crippen LogP contribution in [0.25, 0.3) is 11.0 Å². The molecule has 0 aliphatic carbocycles. The fourth-order valence-electron chi connectivity index (χ4n) is 1.58. The van der Waals surface area contributed by atoms with Gasteiger partial charge in [0, 0.05) is 28.2 Å². The van der Waals surface area contributed by atoms with Gasteiger partial charge in [0.1, 0.15) is 11.0 Å². The first-order valence-corrected chi connectivity index (χ1v) is 5.36. The number of nitrogens with zero attached hydrogens (tertiary/aromatic N) is 6. The largest absolute Gasteiger partial charge is 0.380 e. The lowest BCUT2D eigenvalue weighted by atomic mass is 10.3. The lowest BCUT2D eigenvalue weighted by Crippen LogP contribution is -2.20. The number of aromatic nitrogens is 4. The number of fused-ring (bicyclic) bond motifs is 1. The number of anilines is 4. The predicted octanol–water partition coefficient (Wildman–Crippen LogP) is -0.284. The van der Waals surface area contributed by atoms with Gasteiger partial charge >= 0.3 is 0 Å². The van der Waals surface area contributed by atoms with Crippen LogP contribution in [0.3, 0.4) is 0 Å². The van der Waals surface area contributed by atoms with Crippen molar-refractivity contribution in [1.82, 2.24) is 20.2 Å². The lowest BCUT2D eigenvalue weighted by Gasteiger charge is -2.20. The van der Waals surface area contributed by atoms with Crippen LogP contribution >= 0.6 is 0 Å². The van der Waals surface area contributed by atoms with Gasteiger partial charge in [0.25, 0.3) is 0 Å². The molecule has 4 N–H and O–H groups in total. The van der Waals surface area contributed by atoms with E-state index in [4.69, 9.17) is 11.5 Å². The Balaban J connectivity index is 2.84. The summed E-state index contributed by atoms with van der Waals surface area (Å²) in [6, 6.07) is 0. The Hall–Kier alpha value is -2.38. The zero-order chi connectivity index (χ0) is 13.4. The van der Waals surface area contributed by atoms with Crippen molar-refractivity contribution in [3.8, 4) is 0 Å². The third-order valence-electron chi connectivity index (χ3n) is 2.46. The van der Waals surface area contributed by atoms with Gasteiger partial charge in [-0.25, -0.2) is 9.97 Å². The van der Waals surface area contributed by atoms with Crippen molar-refractivity contribution >= 4 is 34.3 Å². The molecule has 0 aliphatic heterocycles. The molecular formula is C10H16N8. The van der Waals surface area contributed by atoms with E-state index in [0.29, 0.717) is 22.7 Å². The van der Waals surface area contributed by atoms with Crippen LogP contribution in [0.5, 0.6) is 0 Å². The second-order valence-electron chi connectivity index (χ2n) is 4.33. The van der Waals surface area contributed by atoms with Crippen molar-refractivity contribution in [3.63, 3.8) is 0 Å². The second kappa shape index (κ2) is 4.13. The summed E-state index contributed by atoms with van der Waals surface area (Å²) in [7, 11) is 7.54. The van der Waals surface area contributed by atoms with Crippen LogP contribution in [-0.2, 0) is 0 Å². The van der Waals surface area contributed by atoms with Crippen LogP contribution < -0.4 is 21.3 Å². The van der Waals surface area contributed by atoms with Crippen LogP contribution in [0.15, 0.2) is 0 Å². The van der Waals surface area contributed by atoms with Gasteiger partial charge in [0.2, 0.25) is 0 Å². The van der Waals surface area contributed by atoms with E-state index in [9.17, 15) is 0 Å². The summed E-state index contributed by atoms with van der Waals surface area (Å²) >= 11 is 0. The first kappa shape index (κ1) is 12.1. The molecule has 0 spiro atoms. The Morgan fingerprint density at radius 1 is 0.722 bits per heavy atom. The van der Waals surface area contributed by atoms with Gasteiger partial charge in [0.15, 0.2) is 23.3 Å². The van der Waals surface area contributed by atoms with E-state index in [2.05, 4.69) is 20.2 Å². The maximum atomic E-state index is 5.76. The van der Waals surface area contributed by atoms with Gasteiger partial charge < -0.3 is 21.3 Å². The second-order valence-corrected chi connectivity index (χ2v) is 4.33. The van der Waals surface area contributed by atoms with Crippen LogP contribution in [0.2, 0.25) is 0 Å². The minimum atomic E-state index is 0.222. The fraction of sp³-hybridized carbons (Fsp3) is 0.400. The quantitative estimate of drug-likeness (QED) is 0.746. The van der Waals surface area contributed by atoms with E-state index in [0.717, 1.165) is 0 Å². The Morgan fingerprint density at radius 3 is 1.33 bits per heavy atom. The third kappa shape index (κ3) is 1.81. The van der Waals surface area contributed by atoms with Gasteiger partial charge in [-0.3, -0.25) is 0 Å². The Morgan fingerprint density at radius 2 is 1.06 bits per heavy atom. The predicted molar refractivity (Wildman–Crippen MR) is 72.6 cm³/mol. The van der Waals surface area contributed by atoms with E-state index in [-0.39, 0.29) is 11.6 Å². The average molecular weight is 248 g/mol. The molecule has 0 aromatic carbocycles. The van der Waals surface area contributed by atoms with E-state index in [1.54, 1.807) is 0 Å². The Labute approximate surface area is 105 Å². The van der Waals surface area contributed by atoms with Gasteiger partial charge in [-0.15, -0.1) is 10.2 Å². The van der Waals surface area contributed by atoms with Gasteiger partial charge in [-0.2, -0.15) is 0 Å². The van der Waals surface area contributed by atoms with Crippen molar-refractivity contribution in [1.29, 1.82) is 0 Å². The highest BCUT2D eigenvalue weighted by molar-refractivity contribution is 5.93. The molecule has 0 saturated carbocycles. The summed E-state index contributed by atoms with van der Waals surface area (Å²) < 4.78 is 0. The number of nitrogens with two attached hydrogens (primary N) is 2. The maximum Gasteiger partial charge on any atom is 0.174 e. The zero-order valence-electron chi connectivity index (χ0n) is 10.8. The summed E-state index contributed by atoms with van der Waals surface area (Å²) in [5, 5.41) is 7.50. The summed E-state index contributed by atoms with van der Waals surface area (Å²) in [6.45, 7) is 0. The first-order chi connectivity index (χ1) is 8.41. The summed E-state index contributed by atoms with van der Waals surface area (Å²) in [5.41, 5.74) is 12.5. The highest BCUT2D eigenvalue weighted by Gasteiger charge is 2.16. The number of nitrogen functional groups attached to an aromatic ring is 2. The molecule has 2 heterocycles. The summed E-state index contributed by atoms with van der Waals surface area (Å²) in [6.07, 6.45) is 0. The van der Waals surface area contributed by atoms with Crippen molar-refractivity contribution < 1.29 is 0 Å². The molecule has 18 heavy (non-hydrogen) atoms. The molecule has 2 aromatic heterocycles. The molecule has 0 saturated heterocycles. The molecular weight excluding hydrogens is 232 g/mol. The normalized spacial score (nSPS) is 10.7. The smallest absolute Gasteiger partial charge is 0.174 e. The number of hydrogen-bond acceptors (Lipinski definition) is 8. The molecule has 0 bridgehead atoms. The van der Waals surface area contributed by atoms with Crippen LogP contribution in [0.4, 0.5) is 23.3 Å². The highest BCUT2D eigenvalue weighted by Crippen LogP contribution is 2.28. The van der Waals surface area contributed by atoms with Gasteiger partial charge in [-0.1, -0.05) is 0 Å². The Kier molecular flexibility index (Phi) is 2.77. The monoisotopic (exact) mass is 248 g/mol. The van der Waals surface area contributed by atoms with Crippen molar-refractivity contribution in [2.45, 2.75) is 0 Å². The van der Waals surface area contributed by atoms with Crippen LogP contribution in [0.1, 0.15) is 0 Å². The van der Waals surface area contributed by atoms with Crippen molar-refractivity contribution in [3.05, 3.63) is 0 Å². The molecule has 2 rings (SSSR count). The van der Waals surface area contributed by atoms with Gasteiger partial charge in [0.05, 0.1) is 0 Å².